The van der Waals surface area contributed by atoms with Crippen molar-refractivity contribution in [2.45, 2.75) is 6.92 Å². The molecule has 0 aliphatic heterocycles. The summed E-state index contributed by atoms with van der Waals surface area (Å²) >= 11 is 1.36. The van der Waals surface area contributed by atoms with Gasteiger partial charge in [0, 0.05) is 21.2 Å². The maximum Gasteiger partial charge on any atom is 0.343 e. The van der Waals surface area contributed by atoms with E-state index in [-0.39, 0.29) is 11.5 Å². The van der Waals surface area contributed by atoms with Crippen molar-refractivity contribution < 1.29 is 19.4 Å². The first kappa shape index (κ1) is 21.6. The van der Waals surface area contributed by atoms with E-state index in [1.54, 1.807) is 48.5 Å². The van der Waals surface area contributed by atoms with Crippen molar-refractivity contribution in [2.24, 2.45) is 0 Å². The molecule has 0 spiro atoms. The quantitative estimate of drug-likeness (QED) is 0.172. The van der Waals surface area contributed by atoms with Crippen LogP contribution in [0.2, 0.25) is 0 Å². The van der Waals surface area contributed by atoms with Gasteiger partial charge in [-0.2, -0.15) is 0 Å². The Morgan fingerprint density at radius 1 is 0.794 bits per heavy atom. The summed E-state index contributed by atoms with van der Waals surface area (Å²) in [7, 11) is 0. The molecule has 1 heterocycles. The first-order valence-corrected chi connectivity index (χ1v) is 11.6. The lowest BCUT2D eigenvalue weighted by Crippen LogP contribution is -2.07. The highest BCUT2D eigenvalue weighted by atomic mass is 32.1. The molecule has 0 saturated heterocycles. The average Bonchev–Trinajstić information content (AvgIpc) is 3.24. The number of rotatable bonds is 5. The number of carbonyl (C=O) groups is 2. The molecule has 0 bridgehead atoms. The molecule has 1 aromatic heterocycles. The van der Waals surface area contributed by atoms with E-state index in [9.17, 15) is 14.7 Å². The maximum absolute atomic E-state index is 13.5. The number of fused-ring (bicyclic) bond motifs is 1. The lowest BCUT2D eigenvalue weighted by Gasteiger charge is -2.07. The minimum Gasteiger partial charge on any atom is -0.508 e. The lowest BCUT2D eigenvalue weighted by atomic mass is 9.97. The molecule has 166 valence electrons. The molecule has 0 aliphatic rings. The van der Waals surface area contributed by atoms with Gasteiger partial charge in [0.25, 0.3) is 0 Å². The smallest absolute Gasteiger partial charge is 0.343 e. The molecule has 0 saturated carbocycles. The Bertz CT molecular complexity index is 1500. The number of aromatic hydroxyl groups is 1. The minimum atomic E-state index is -0.435. The summed E-state index contributed by atoms with van der Waals surface area (Å²) in [6.07, 6.45) is 0. The zero-order valence-electron chi connectivity index (χ0n) is 18.3. The number of aryl methyl sites for hydroxylation is 1. The molecule has 4 aromatic carbocycles. The Kier molecular flexibility index (Phi) is 5.70. The van der Waals surface area contributed by atoms with Gasteiger partial charge >= 0.3 is 5.97 Å². The number of carbonyl (C=O) groups excluding carboxylic acids is 2. The van der Waals surface area contributed by atoms with Crippen LogP contribution < -0.4 is 4.74 Å². The number of ketones is 1. The summed E-state index contributed by atoms with van der Waals surface area (Å²) in [6, 6.07) is 28.6. The number of phenols is 1. The summed E-state index contributed by atoms with van der Waals surface area (Å²) in [5.74, 6) is -0.0338. The molecule has 0 radical (unpaired) electrons. The van der Waals surface area contributed by atoms with Gasteiger partial charge in [0.15, 0.2) is 0 Å². The van der Waals surface area contributed by atoms with Gasteiger partial charge in [-0.3, -0.25) is 4.79 Å². The van der Waals surface area contributed by atoms with E-state index in [1.165, 1.54) is 23.5 Å². The normalized spacial score (nSPS) is 10.9. The topological polar surface area (TPSA) is 63.6 Å². The van der Waals surface area contributed by atoms with Gasteiger partial charge in [0.05, 0.1) is 10.4 Å². The largest absolute Gasteiger partial charge is 0.508 e. The van der Waals surface area contributed by atoms with Gasteiger partial charge in [0.1, 0.15) is 11.5 Å². The van der Waals surface area contributed by atoms with Gasteiger partial charge in [0.2, 0.25) is 5.78 Å². The fourth-order valence-electron chi connectivity index (χ4n) is 3.79. The molecule has 34 heavy (non-hydrogen) atoms. The molecule has 0 unspecified atom stereocenters. The molecule has 0 atom stereocenters. The lowest BCUT2D eigenvalue weighted by molar-refractivity contribution is 0.0735. The maximum atomic E-state index is 13.5. The first-order valence-electron chi connectivity index (χ1n) is 10.7. The molecule has 1 N–H and O–H groups in total. The van der Waals surface area contributed by atoms with Gasteiger partial charge in [-0.1, -0.05) is 48.0 Å². The Hall–Kier alpha value is -4.22. The fourth-order valence-corrected chi connectivity index (χ4v) is 5.01. The standard InChI is InChI=1S/C29H20O4S/c1-18-7-9-19(10-8-18)26-24-16-15-23(33-29(32)21-5-3-2-4-6-21)17-25(24)34-28(26)27(31)20-11-13-22(30)14-12-20/h2-17,30H,1H3. The second-order valence-electron chi connectivity index (χ2n) is 7.96. The van der Waals surface area contributed by atoms with Crippen LogP contribution in [0.5, 0.6) is 11.5 Å². The summed E-state index contributed by atoms with van der Waals surface area (Å²) < 4.78 is 6.44. The second kappa shape index (κ2) is 8.96. The molecule has 5 aromatic rings. The molecular formula is C29H20O4S. The van der Waals surface area contributed by atoms with Gasteiger partial charge in [-0.15, -0.1) is 11.3 Å². The highest BCUT2D eigenvalue weighted by molar-refractivity contribution is 7.21. The SMILES string of the molecule is Cc1ccc(-c2c(C(=O)c3ccc(O)cc3)sc3cc(OC(=O)c4ccccc4)ccc23)cc1. The number of thiophene rings is 1. The Labute approximate surface area is 200 Å². The number of phenolic OH excluding ortho intramolecular Hbond substituents is 1. The predicted octanol–water partition coefficient (Wildman–Crippen LogP) is 7.03. The van der Waals surface area contributed by atoms with Crippen molar-refractivity contribution in [2.75, 3.05) is 0 Å². The van der Waals surface area contributed by atoms with Crippen LogP contribution in [0.25, 0.3) is 21.2 Å². The van der Waals surface area contributed by atoms with Crippen molar-refractivity contribution in [3.05, 3.63) is 119 Å². The van der Waals surface area contributed by atoms with E-state index in [0.717, 1.165) is 26.8 Å². The van der Waals surface area contributed by atoms with E-state index in [0.29, 0.717) is 21.8 Å². The summed E-state index contributed by atoms with van der Waals surface area (Å²) in [5.41, 5.74) is 3.88. The number of benzene rings is 4. The van der Waals surface area contributed by atoms with Crippen LogP contribution >= 0.6 is 11.3 Å². The van der Waals surface area contributed by atoms with Crippen molar-refractivity contribution in [1.82, 2.24) is 0 Å². The van der Waals surface area contributed by atoms with Crippen molar-refractivity contribution in [3.63, 3.8) is 0 Å². The summed E-state index contributed by atoms with van der Waals surface area (Å²) in [6.45, 7) is 2.02. The zero-order chi connectivity index (χ0) is 23.7. The average molecular weight is 465 g/mol. The zero-order valence-corrected chi connectivity index (χ0v) is 19.1. The number of ether oxygens (including phenoxy) is 1. The van der Waals surface area contributed by atoms with Gasteiger partial charge in [-0.25, -0.2) is 4.79 Å². The molecule has 4 nitrogen and oxygen atoms in total. The van der Waals surface area contributed by atoms with Crippen LogP contribution in [0.4, 0.5) is 0 Å². The molecule has 0 aliphatic carbocycles. The van der Waals surface area contributed by atoms with Crippen molar-refractivity contribution >= 4 is 33.2 Å². The molecule has 5 rings (SSSR count). The molecule has 0 fully saturated rings. The van der Waals surface area contributed by atoms with Crippen LogP contribution in [-0.4, -0.2) is 16.9 Å². The van der Waals surface area contributed by atoms with E-state index >= 15 is 0 Å². The monoisotopic (exact) mass is 464 g/mol. The van der Waals surface area contributed by atoms with Gasteiger partial charge < -0.3 is 9.84 Å². The number of esters is 1. The third kappa shape index (κ3) is 4.21. The third-order valence-electron chi connectivity index (χ3n) is 5.56. The molecular weight excluding hydrogens is 444 g/mol. The van der Waals surface area contributed by atoms with Crippen LogP contribution in [0.1, 0.15) is 31.2 Å². The minimum absolute atomic E-state index is 0.108. The predicted molar refractivity (Wildman–Crippen MR) is 135 cm³/mol. The molecule has 0 amide bonds. The number of hydrogen-bond acceptors (Lipinski definition) is 5. The highest BCUT2D eigenvalue weighted by Crippen LogP contribution is 2.41. The van der Waals surface area contributed by atoms with Crippen molar-refractivity contribution in [3.8, 4) is 22.6 Å². The Morgan fingerprint density at radius 2 is 1.50 bits per heavy atom. The van der Waals surface area contributed by atoms with Crippen LogP contribution in [0, 0.1) is 6.92 Å². The summed E-state index contributed by atoms with van der Waals surface area (Å²) in [5, 5.41) is 10.5. The number of hydrogen-bond donors (Lipinski definition) is 1. The highest BCUT2D eigenvalue weighted by Gasteiger charge is 2.22. The molecule has 5 heteroatoms. The third-order valence-corrected chi connectivity index (χ3v) is 6.71. The summed E-state index contributed by atoms with van der Waals surface area (Å²) in [4.78, 5) is 26.6. The Balaban J connectivity index is 1.60. The van der Waals surface area contributed by atoms with E-state index < -0.39 is 5.97 Å². The van der Waals surface area contributed by atoms with Crippen LogP contribution in [0.15, 0.2) is 97.1 Å². The Morgan fingerprint density at radius 3 is 2.21 bits per heavy atom. The van der Waals surface area contributed by atoms with E-state index in [1.807, 2.05) is 43.3 Å². The van der Waals surface area contributed by atoms with E-state index in [4.69, 9.17) is 4.74 Å². The van der Waals surface area contributed by atoms with Crippen LogP contribution in [-0.2, 0) is 0 Å². The fraction of sp³-hybridized carbons (Fsp3) is 0.0345. The first-order chi connectivity index (χ1) is 16.5. The van der Waals surface area contributed by atoms with Crippen molar-refractivity contribution in [1.29, 1.82) is 0 Å². The van der Waals surface area contributed by atoms with Gasteiger partial charge in [-0.05, 0) is 67.1 Å². The second-order valence-corrected chi connectivity index (χ2v) is 9.01. The van der Waals surface area contributed by atoms with E-state index in [2.05, 4.69) is 0 Å². The van der Waals surface area contributed by atoms with Crippen LogP contribution in [0.3, 0.4) is 0 Å².